The van der Waals surface area contributed by atoms with Gasteiger partial charge in [0.1, 0.15) is 5.82 Å². The van der Waals surface area contributed by atoms with Crippen LogP contribution in [0.5, 0.6) is 0 Å². The molecule has 1 unspecified atom stereocenters. The van der Waals surface area contributed by atoms with Crippen LogP contribution in [0.15, 0.2) is 78.9 Å². The van der Waals surface area contributed by atoms with Gasteiger partial charge in [-0.15, -0.1) is 6.42 Å². The van der Waals surface area contributed by atoms with Gasteiger partial charge in [-0.3, -0.25) is 0 Å². The topological polar surface area (TPSA) is 0 Å². The van der Waals surface area contributed by atoms with Crippen LogP contribution in [0, 0.1) is 18.2 Å². The Morgan fingerprint density at radius 3 is 2.22 bits per heavy atom. The molecule has 136 valence electrons. The molecule has 0 amide bonds. The van der Waals surface area contributed by atoms with Gasteiger partial charge >= 0.3 is 0 Å². The average Bonchev–Trinajstić information content (AvgIpc) is 2.69. The molecule has 0 N–H and O–H groups in total. The molecule has 1 heteroatoms. The molecule has 0 aliphatic heterocycles. The van der Waals surface area contributed by atoms with Crippen molar-refractivity contribution in [1.29, 1.82) is 0 Å². The molecular weight excluding hydrogens is 331 g/mol. The second-order valence-corrected chi connectivity index (χ2v) is 7.32. The van der Waals surface area contributed by atoms with Crippen LogP contribution in [-0.2, 0) is 18.3 Å². The molecule has 0 aliphatic carbocycles. The standard InChI is InChI=1S/C26H25F/c1-3-26(2,24-14-16-25(27)17-15-24)18-8-13-22-11-7-12-23(20-22)19-21-9-5-4-6-10-21/h1,4-7,9-12,14-17,20H,8,13,18-19H2,2H3. The van der Waals surface area contributed by atoms with Crippen molar-refractivity contribution in [2.24, 2.45) is 0 Å². The second kappa shape index (κ2) is 8.69. The van der Waals surface area contributed by atoms with E-state index >= 15 is 0 Å². The number of aryl methyl sites for hydroxylation is 1. The number of hydrogen-bond donors (Lipinski definition) is 0. The summed E-state index contributed by atoms with van der Waals surface area (Å²) in [5.74, 6) is 2.69. The van der Waals surface area contributed by atoms with Crippen molar-refractivity contribution in [3.8, 4) is 12.3 Å². The van der Waals surface area contributed by atoms with Crippen molar-refractivity contribution in [3.05, 3.63) is 107 Å². The first-order valence-electron chi connectivity index (χ1n) is 9.45. The molecule has 0 spiro atoms. The first-order chi connectivity index (χ1) is 13.1. The van der Waals surface area contributed by atoms with E-state index in [0.717, 1.165) is 31.2 Å². The number of benzene rings is 3. The minimum Gasteiger partial charge on any atom is -0.207 e. The summed E-state index contributed by atoms with van der Waals surface area (Å²) in [7, 11) is 0. The highest BCUT2D eigenvalue weighted by Gasteiger charge is 2.23. The Hall–Kier alpha value is -2.85. The van der Waals surface area contributed by atoms with Crippen molar-refractivity contribution in [2.45, 2.75) is 38.0 Å². The Balaban J connectivity index is 1.62. The summed E-state index contributed by atoms with van der Waals surface area (Å²) in [5, 5.41) is 0. The predicted octanol–water partition coefficient (Wildman–Crippen LogP) is 6.33. The van der Waals surface area contributed by atoms with Crippen molar-refractivity contribution < 1.29 is 4.39 Å². The number of hydrogen-bond acceptors (Lipinski definition) is 0. The summed E-state index contributed by atoms with van der Waals surface area (Å²) in [6, 6.07) is 25.9. The lowest BCUT2D eigenvalue weighted by molar-refractivity contribution is 0.531. The van der Waals surface area contributed by atoms with Gasteiger partial charge < -0.3 is 0 Å². The van der Waals surface area contributed by atoms with Gasteiger partial charge in [0.15, 0.2) is 0 Å². The maximum atomic E-state index is 13.2. The van der Waals surface area contributed by atoms with Crippen LogP contribution < -0.4 is 0 Å². The van der Waals surface area contributed by atoms with E-state index in [0.29, 0.717) is 0 Å². The van der Waals surface area contributed by atoms with E-state index in [1.54, 1.807) is 12.1 Å². The fourth-order valence-corrected chi connectivity index (χ4v) is 3.49. The molecule has 0 aliphatic rings. The largest absolute Gasteiger partial charge is 0.207 e. The molecule has 3 aromatic carbocycles. The van der Waals surface area contributed by atoms with Gasteiger partial charge in [-0.25, -0.2) is 4.39 Å². The molecule has 0 bridgehead atoms. The first-order valence-corrected chi connectivity index (χ1v) is 9.45. The first kappa shape index (κ1) is 18.9. The molecule has 0 fully saturated rings. The third-order valence-corrected chi connectivity index (χ3v) is 5.18. The molecule has 0 aromatic heterocycles. The third kappa shape index (κ3) is 5.08. The van der Waals surface area contributed by atoms with Crippen LogP contribution in [-0.4, -0.2) is 0 Å². The van der Waals surface area contributed by atoms with Crippen molar-refractivity contribution in [1.82, 2.24) is 0 Å². The molecular formula is C26H25F. The highest BCUT2D eigenvalue weighted by atomic mass is 19.1. The normalized spacial score (nSPS) is 12.9. The summed E-state index contributed by atoms with van der Waals surface area (Å²) < 4.78 is 13.2. The SMILES string of the molecule is C#CC(C)(CCCc1cccc(Cc2ccccc2)c1)c1ccc(F)cc1. The van der Waals surface area contributed by atoms with Gasteiger partial charge in [0, 0.05) is 0 Å². The Morgan fingerprint density at radius 1 is 0.852 bits per heavy atom. The number of terminal acetylenes is 1. The van der Waals surface area contributed by atoms with Gasteiger partial charge in [0.2, 0.25) is 0 Å². The van der Waals surface area contributed by atoms with Crippen molar-refractivity contribution in [3.63, 3.8) is 0 Å². The summed E-state index contributed by atoms with van der Waals surface area (Å²) in [6.07, 6.45) is 9.63. The molecule has 0 saturated heterocycles. The smallest absolute Gasteiger partial charge is 0.123 e. The lowest BCUT2D eigenvalue weighted by Gasteiger charge is -2.24. The van der Waals surface area contributed by atoms with Crippen LogP contribution in [0.4, 0.5) is 4.39 Å². The highest BCUT2D eigenvalue weighted by molar-refractivity contribution is 5.34. The van der Waals surface area contributed by atoms with Crippen LogP contribution in [0.2, 0.25) is 0 Å². The van der Waals surface area contributed by atoms with Gasteiger partial charge in [0.25, 0.3) is 0 Å². The minimum atomic E-state index is -0.366. The van der Waals surface area contributed by atoms with E-state index in [1.807, 2.05) is 6.07 Å². The van der Waals surface area contributed by atoms with Crippen molar-refractivity contribution in [2.75, 3.05) is 0 Å². The minimum absolute atomic E-state index is 0.228. The van der Waals surface area contributed by atoms with E-state index in [-0.39, 0.29) is 11.2 Å². The van der Waals surface area contributed by atoms with Crippen LogP contribution in [0.25, 0.3) is 0 Å². The zero-order chi connectivity index (χ0) is 19.1. The van der Waals surface area contributed by atoms with Crippen LogP contribution in [0.1, 0.15) is 42.0 Å². The predicted molar refractivity (Wildman–Crippen MR) is 111 cm³/mol. The van der Waals surface area contributed by atoms with Crippen molar-refractivity contribution >= 4 is 0 Å². The van der Waals surface area contributed by atoms with Gasteiger partial charge in [-0.2, -0.15) is 0 Å². The average molecular weight is 356 g/mol. The molecule has 0 heterocycles. The Kier molecular flexibility index (Phi) is 6.09. The van der Waals surface area contributed by atoms with E-state index < -0.39 is 0 Å². The van der Waals surface area contributed by atoms with Gasteiger partial charge in [0.05, 0.1) is 5.41 Å². The number of rotatable bonds is 7. The van der Waals surface area contributed by atoms with Crippen LogP contribution in [0.3, 0.4) is 0 Å². The zero-order valence-electron chi connectivity index (χ0n) is 15.8. The highest BCUT2D eigenvalue weighted by Crippen LogP contribution is 2.29. The fraction of sp³-hybridized carbons (Fsp3) is 0.231. The van der Waals surface area contributed by atoms with E-state index in [2.05, 4.69) is 61.4 Å². The van der Waals surface area contributed by atoms with Crippen LogP contribution >= 0.6 is 0 Å². The quantitative estimate of drug-likeness (QED) is 0.434. The maximum absolute atomic E-state index is 13.2. The molecule has 3 aromatic rings. The Morgan fingerprint density at radius 2 is 1.52 bits per heavy atom. The molecule has 0 radical (unpaired) electrons. The van der Waals surface area contributed by atoms with E-state index in [1.165, 1.54) is 28.8 Å². The van der Waals surface area contributed by atoms with E-state index in [4.69, 9.17) is 6.42 Å². The fourth-order valence-electron chi connectivity index (χ4n) is 3.49. The number of halogens is 1. The second-order valence-electron chi connectivity index (χ2n) is 7.32. The molecule has 3 rings (SSSR count). The van der Waals surface area contributed by atoms with Gasteiger partial charge in [-0.1, -0.05) is 72.7 Å². The molecule has 0 saturated carbocycles. The van der Waals surface area contributed by atoms with Gasteiger partial charge in [-0.05, 0) is 67.0 Å². The molecule has 27 heavy (non-hydrogen) atoms. The Labute approximate surface area is 162 Å². The summed E-state index contributed by atoms with van der Waals surface area (Å²) in [4.78, 5) is 0. The Bertz CT molecular complexity index is 903. The third-order valence-electron chi connectivity index (χ3n) is 5.18. The summed E-state index contributed by atoms with van der Waals surface area (Å²) in [6.45, 7) is 2.06. The molecule has 1 atom stereocenters. The summed E-state index contributed by atoms with van der Waals surface area (Å²) in [5.41, 5.74) is 4.63. The lowest BCUT2D eigenvalue weighted by Crippen LogP contribution is -2.19. The van der Waals surface area contributed by atoms with E-state index in [9.17, 15) is 4.39 Å². The monoisotopic (exact) mass is 356 g/mol. The summed E-state index contributed by atoms with van der Waals surface area (Å²) >= 11 is 0. The zero-order valence-corrected chi connectivity index (χ0v) is 15.8. The lowest BCUT2D eigenvalue weighted by atomic mass is 9.78. The maximum Gasteiger partial charge on any atom is 0.123 e. The molecule has 0 nitrogen and oxygen atoms in total.